The van der Waals surface area contributed by atoms with E-state index in [4.69, 9.17) is 4.74 Å². The molecule has 0 saturated heterocycles. The maximum Gasteiger partial charge on any atom is 0.331 e. The van der Waals surface area contributed by atoms with Crippen molar-refractivity contribution in [2.75, 3.05) is 6.61 Å². The summed E-state index contributed by atoms with van der Waals surface area (Å²) >= 11 is 0. The number of rotatable bonds is 1. The molecule has 0 aromatic rings. The van der Waals surface area contributed by atoms with E-state index in [-0.39, 0.29) is 18.0 Å². The van der Waals surface area contributed by atoms with E-state index in [0.29, 0.717) is 5.92 Å². The van der Waals surface area contributed by atoms with Crippen LogP contribution in [0.5, 0.6) is 0 Å². The summed E-state index contributed by atoms with van der Waals surface area (Å²) in [5, 5.41) is 10.7. The van der Waals surface area contributed by atoms with Crippen LogP contribution in [0.1, 0.15) is 33.6 Å². The second-order valence-electron chi connectivity index (χ2n) is 5.30. The molecule has 1 aliphatic heterocycles. The monoisotopic (exact) mass is 210 g/mol. The van der Waals surface area contributed by atoms with Crippen LogP contribution in [-0.4, -0.2) is 23.3 Å². The zero-order valence-electron chi connectivity index (χ0n) is 9.54. The van der Waals surface area contributed by atoms with Gasteiger partial charge in [-0.3, -0.25) is 0 Å². The maximum absolute atomic E-state index is 11.0. The molecule has 1 aliphatic carbocycles. The Hall–Kier alpha value is -0.830. The Morgan fingerprint density at radius 2 is 2.20 bits per heavy atom. The number of hydrogen-bond acceptors (Lipinski definition) is 3. The molecule has 3 heteroatoms. The van der Waals surface area contributed by atoms with Gasteiger partial charge in [0, 0.05) is 17.1 Å². The number of esters is 1. The number of aliphatic hydroxyl groups is 1. The molecule has 0 spiro atoms. The molecule has 2 rings (SSSR count). The van der Waals surface area contributed by atoms with Crippen LogP contribution >= 0.6 is 0 Å². The Kier molecular flexibility index (Phi) is 2.19. The van der Waals surface area contributed by atoms with Crippen molar-refractivity contribution in [3.05, 3.63) is 11.6 Å². The average molecular weight is 210 g/mol. The van der Waals surface area contributed by atoms with Gasteiger partial charge in [0.1, 0.15) is 6.61 Å². The fraction of sp³-hybridized carbons (Fsp3) is 0.750. The number of carbonyl (C=O) groups excluding carboxylic acids is 1. The van der Waals surface area contributed by atoms with Crippen LogP contribution < -0.4 is 0 Å². The minimum Gasteiger partial charge on any atom is -0.458 e. The predicted molar refractivity (Wildman–Crippen MR) is 56.2 cm³/mol. The van der Waals surface area contributed by atoms with Crippen LogP contribution in [0.4, 0.5) is 0 Å². The van der Waals surface area contributed by atoms with Crippen LogP contribution in [-0.2, 0) is 9.53 Å². The maximum atomic E-state index is 11.0. The fourth-order valence-corrected chi connectivity index (χ4v) is 2.70. The number of ether oxygens (including phenoxy) is 1. The summed E-state index contributed by atoms with van der Waals surface area (Å²) in [5.74, 6) is 0.132. The third-order valence-electron chi connectivity index (χ3n) is 4.43. The van der Waals surface area contributed by atoms with Gasteiger partial charge < -0.3 is 9.84 Å². The minimum atomic E-state index is -0.863. The highest BCUT2D eigenvalue weighted by molar-refractivity contribution is 5.85. The molecule has 1 saturated carbocycles. The first kappa shape index (κ1) is 10.7. The summed E-state index contributed by atoms with van der Waals surface area (Å²) in [5.41, 5.74) is -0.298. The molecular weight excluding hydrogens is 192 g/mol. The van der Waals surface area contributed by atoms with Crippen LogP contribution in [0.3, 0.4) is 0 Å². The molecule has 2 unspecified atom stereocenters. The molecular formula is C12H18O3. The summed E-state index contributed by atoms with van der Waals surface area (Å²) in [6.07, 6.45) is 3.18. The largest absolute Gasteiger partial charge is 0.458 e. The fourth-order valence-electron chi connectivity index (χ4n) is 2.70. The molecule has 15 heavy (non-hydrogen) atoms. The Balaban J connectivity index is 2.35. The van der Waals surface area contributed by atoms with Crippen molar-refractivity contribution in [2.24, 2.45) is 11.3 Å². The van der Waals surface area contributed by atoms with Crippen molar-refractivity contribution in [3.63, 3.8) is 0 Å². The van der Waals surface area contributed by atoms with Gasteiger partial charge in [-0.25, -0.2) is 4.79 Å². The molecule has 1 N–H and O–H groups in total. The summed E-state index contributed by atoms with van der Waals surface area (Å²) in [6.45, 7) is 6.53. The lowest BCUT2D eigenvalue weighted by atomic mass is 9.70. The summed E-state index contributed by atoms with van der Waals surface area (Å²) < 4.78 is 4.88. The minimum absolute atomic E-state index is 0.188. The van der Waals surface area contributed by atoms with Gasteiger partial charge in [0.05, 0.1) is 5.60 Å². The average Bonchev–Trinajstić information content (AvgIpc) is 2.66. The summed E-state index contributed by atoms with van der Waals surface area (Å²) in [4.78, 5) is 11.0. The van der Waals surface area contributed by atoms with E-state index >= 15 is 0 Å². The van der Waals surface area contributed by atoms with E-state index in [1.165, 1.54) is 6.08 Å². The van der Waals surface area contributed by atoms with Gasteiger partial charge in [0.25, 0.3) is 0 Å². The topological polar surface area (TPSA) is 46.5 Å². The second-order valence-corrected chi connectivity index (χ2v) is 5.30. The van der Waals surface area contributed by atoms with Gasteiger partial charge in [0.15, 0.2) is 0 Å². The van der Waals surface area contributed by atoms with Crippen LogP contribution in [0, 0.1) is 11.3 Å². The van der Waals surface area contributed by atoms with E-state index in [2.05, 4.69) is 20.8 Å². The quantitative estimate of drug-likeness (QED) is 0.669. The lowest BCUT2D eigenvalue weighted by Gasteiger charge is -2.39. The van der Waals surface area contributed by atoms with E-state index in [9.17, 15) is 9.90 Å². The molecule has 84 valence electrons. The van der Waals surface area contributed by atoms with E-state index < -0.39 is 5.60 Å². The predicted octanol–water partition coefficient (Wildman–Crippen LogP) is 1.66. The molecule has 1 heterocycles. The van der Waals surface area contributed by atoms with E-state index in [1.807, 2.05) is 0 Å². The van der Waals surface area contributed by atoms with E-state index in [0.717, 1.165) is 18.4 Å². The number of carbonyl (C=O) groups is 1. The highest BCUT2D eigenvalue weighted by Gasteiger charge is 2.54. The number of hydrogen-bond donors (Lipinski definition) is 1. The Morgan fingerprint density at radius 1 is 1.53 bits per heavy atom. The third-order valence-corrected chi connectivity index (χ3v) is 4.43. The molecule has 3 nitrogen and oxygen atoms in total. The zero-order valence-corrected chi connectivity index (χ0v) is 9.54. The molecule has 0 aromatic heterocycles. The molecule has 0 amide bonds. The first-order valence-corrected chi connectivity index (χ1v) is 5.48. The van der Waals surface area contributed by atoms with Crippen molar-refractivity contribution in [2.45, 2.75) is 39.2 Å². The summed E-state index contributed by atoms with van der Waals surface area (Å²) in [7, 11) is 0. The van der Waals surface area contributed by atoms with Crippen molar-refractivity contribution in [1.29, 1.82) is 0 Å². The zero-order chi connectivity index (χ0) is 11.3. The Bertz CT molecular complexity index is 330. The molecule has 2 atom stereocenters. The second kappa shape index (κ2) is 3.08. The van der Waals surface area contributed by atoms with Crippen LogP contribution in [0.2, 0.25) is 0 Å². The standard InChI is InChI=1S/C12H18O3/c1-8-4-5-12(14,11(8,2)3)9-6-10(13)15-7-9/h6,8,14H,4-5,7H2,1-3H3. The van der Waals surface area contributed by atoms with Crippen molar-refractivity contribution in [3.8, 4) is 0 Å². The highest BCUT2D eigenvalue weighted by Crippen LogP contribution is 2.53. The van der Waals surface area contributed by atoms with Crippen LogP contribution in [0.15, 0.2) is 11.6 Å². The SMILES string of the molecule is CC1CCC(O)(C2=CC(=O)OC2)C1(C)C. The van der Waals surface area contributed by atoms with E-state index in [1.54, 1.807) is 0 Å². The van der Waals surface area contributed by atoms with Gasteiger partial charge >= 0.3 is 5.97 Å². The Morgan fingerprint density at radius 3 is 2.60 bits per heavy atom. The summed E-state index contributed by atoms with van der Waals surface area (Å²) in [6, 6.07) is 0. The first-order valence-electron chi connectivity index (χ1n) is 5.48. The van der Waals surface area contributed by atoms with Gasteiger partial charge in [-0.2, -0.15) is 0 Å². The molecule has 0 bridgehead atoms. The van der Waals surface area contributed by atoms with Gasteiger partial charge in [-0.15, -0.1) is 0 Å². The normalized spacial score (nSPS) is 39.1. The molecule has 2 aliphatic rings. The third kappa shape index (κ3) is 1.33. The lowest BCUT2D eigenvalue weighted by Crippen LogP contribution is -2.44. The van der Waals surface area contributed by atoms with Crippen molar-refractivity contribution < 1.29 is 14.6 Å². The molecule has 0 radical (unpaired) electrons. The van der Waals surface area contributed by atoms with Crippen molar-refractivity contribution >= 4 is 5.97 Å². The smallest absolute Gasteiger partial charge is 0.331 e. The lowest BCUT2D eigenvalue weighted by molar-refractivity contribution is -0.135. The molecule has 0 aromatic carbocycles. The number of cyclic esters (lactones) is 1. The Labute approximate surface area is 90.1 Å². The van der Waals surface area contributed by atoms with Crippen LogP contribution in [0.25, 0.3) is 0 Å². The van der Waals surface area contributed by atoms with Gasteiger partial charge in [-0.05, 0) is 18.8 Å². The van der Waals surface area contributed by atoms with Crippen molar-refractivity contribution in [1.82, 2.24) is 0 Å². The molecule has 1 fully saturated rings. The van der Waals surface area contributed by atoms with Gasteiger partial charge in [0.2, 0.25) is 0 Å². The van der Waals surface area contributed by atoms with Gasteiger partial charge in [-0.1, -0.05) is 20.8 Å². The highest BCUT2D eigenvalue weighted by atomic mass is 16.5. The first-order chi connectivity index (χ1) is 6.88.